The number of nitrogens with zero attached hydrogens (tertiary/aromatic N) is 3. The van der Waals surface area contributed by atoms with Crippen molar-refractivity contribution in [1.82, 2.24) is 14.1 Å². The van der Waals surface area contributed by atoms with Crippen LogP contribution in [0.25, 0.3) is 11.2 Å². The third-order valence-corrected chi connectivity index (χ3v) is 1.99. The summed E-state index contributed by atoms with van der Waals surface area (Å²) >= 11 is 0. The Morgan fingerprint density at radius 1 is 1.33 bits per heavy atom. The molecule has 0 unspecified atom stereocenters. The highest BCUT2D eigenvalue weighted by Gasteiger charge is 2.02. The zero-order valence-electron chi connectivity index (χ0n) is 6.98. The van der Waals surface area contributed by atoms with Crippen LogP contribution in [0.2, 0.25) is 0 Å². The Bertz CT molecular complexity index is 480. The second-order valence-electron chi connectivity index (χ2n) is 2.79. The van der Waals surface area contributed by atoms with Crippen LogP contribution < -0.4 is 5.56 Å². The summed E-state index contributed by atoms with van der Waals surface area (Å²) in [6, 6.07) is 3.33. The normalized spacial score (nSPS) is 10.8. The van der Waals surface area contributed by atoms with Crippen LogP contribution in [0.15, 0.2) is 23.3 Å². The molecule has 4 heteroatoms. The largest absolute Gasteiger partial charge is 0.332 e. The summed E-state index contributed by atoms with van der Waals surface area (Å²) in [6.45, 7) is 0. The van der Waals surface area contributed by atoms with E-state index in [0.717, 1.165) is 11.2 Å². The van der Waals surface area contributed by atoms with E-state index in [1.807, 2.05) is 11.6 Å². The van der Waals surface area contributed by atoms with Gasteiger partial charge in [-0.05, 0) is 6.07 Å². The van der Waals surface area contributed by atoms with Crippen LogP contribution in [0.5, 0.6) is 0 Å². The molecule has 2 rings (SSSR count). The van der Waals surface area contributed by atoms with E-state index >= 15 is 0 Å². The van der Waals surface area contributed by atoms with Crippen molar-refractivity contribution in [2.24, 2.45) is 14.1 Å². The van der Waals surface area contributed by atoms with Gasteiger partial charge in [0.05, 0.1) is 11.8 Å². The van der Waals surface area contributed by atoms with E-state index in [9.17, 15) is 4.79 Å². The number of aryl methyl sites for hydroxylation is 2. The fourth-order valence-electron chi connectivity index (χ4n) is 1.24. The fraction of sp³-hybridized carbons (Fsp3) is 0.250. The SMILES string of the molecule is Cn1cnc2c1ccc(=O)n2C. The number of rotatable bonds is 0. The highest BCUT2D eigenvalue weighted by molar-refractivity contribution is 5.70. The van der Waals surface area contributed by atoms with Crippen molar-refractivity contribution in [1.29, 1.82) is 0 Å². The zero-order valence-corrected chi connectivity index (χ0v) is 6.98. The number of hydrogen-bond acceptors (Lipinski definition) is 2. The Balaban J connectivity index is 3.02. The van der Waals surface area contributed by atoms with Gasteiger partial charge in [-0.25, -0.2) is 4.98 Å². The molecule has 0 N–H and O–H groups in total. The molecule has 2 aromatic rings. The van der Waals surface area contributed by atoms with Crippen LogP contribution in [-0.4, -0.2) is 14.1 Å². The topological polar surface area (TPSA) is 39.8 Å². The molecule has 0 atom stereocenters. The molecule has 0 saturated carbocycles. The third-order valence-electron chi connectivity index (χ3n) is 1.99. The number of pyridine rings is 1. The lowest BCUT2D eigenvalue weighted by molar-refractivity contribution is 0.891. The lowest BCUT2D eigenvalue weighted by atomic mass is 10.4. The first-order valence-electron chi connectivity index (χ1n) is 3.67. The Morgan fingerprint density at radius 3 is 2.83 bits per heavy atom. The maximum Gasteiger partial charge on any atom is 0.252 e. The Kier molecular flexibility index (Phi) is 1.30. The number of hydrogen-bond donors (Lipinski definition) is 0. The van der Waals surface area contributed by atoms with E-state index in [0.29, 0.717) is 0 Å². The van der Waals surface area contributed by atoms with Crippen LogP contribution >= 0.6 is 0 Å². The first-order valence-corrected chi connectivity index (χ1v) is 3.67. The minimum atomic E-state index is -0.0267. The molecule has 62 valence electrons. The summed E-state index contributed by atoms with van der Waals surface area (Å²) in [5, 5.41) is 0. The lowest BCUT2D eigenvalue weighted by Crippen LogP contribution is -2.15. The highest BCUT2D eigenvalue weighted by atomic mass is 16.1. The fourth-order valence-corrected chi connectivity index (χ4v) is 1.24. The van der Waals surface area contributed by atoms with Gasteiger partial charge in [-0.15, -0.1) is 0 Å². The minimum absolute atomic E-state index is 0.0267. The van der Waals surface area contributed by atoms with Gasteiger partial charge in [-0.3, -0.25) is 9.36 Å². The van der Waals surface area contributed by atoms with Crippen LogP contribution in [0.1, 0.15) is 0 Å². The van der Waals surface area contributed by atoms with Crippen molar-refractivity contribution in [3.63, 3.8) is 0 Å². The molecule has 0 saturated heterocycles. The van der Waals surface area contributed by atoms with Gasteiger partial charge in [0, 0.05) is 20.2 Å². The van der Waals surface area contributed by atoms with Gasteiger partial charge < -0.3 is 4.57 Å². The molecule has 2 aromatic heterocycles. The summed E-state index contributed by atoms with van der Waals surface area (Å²) in [5.41, 5.74) is 1.67. The molecule has 0 radical (unpaired) electrons. The van der Waals surface area contributed by atoms with Crippen LogP contribution in [0.4, 0.5) is 0 Å². The van der Waals surface area contributed by atoms with E-state index in [1.165, 1.54) is 4.57 Å². The molecule has 0 bridgehead atoms. The molecule has 4 nitrogen and oxygen atoms in total. The number of imidazole rings is 1. The highest BCUT2D eigenvalue weighted by Crippen LogP contribution is 2.06. The van der Waals surface area contributed by atoms with Crippen LogP contribution in [0.3, 0.4) is 0 Å². The van der Waals surface area contributed by atoms with Crippen molar-refractivity contribution >= 4 is 11.2 Å². The van der Waals surface area contributed by atoms with Gasteiger partial charge in [0.25, 0.3) is 5.56 Å². The van der Waals surface area contributed by atoms with E-state index in [1.54, 1.807) is 25.5 Å². The summed E-state index contributed by atoms with van der Waals surface area (Å²) in [4.78, 5) is 15.3. The van der Waals surface area contributed by atoms with Crippen LogP contribution in [0, 0.1) is 0 Å². The molecule has 0 amide bonds. The van der Waals surface area contributed by atoms with Gasteiger partial charge in [0.1, 0.15) is 0 Å². The third kappa shape index (κ3) is 0.777. The lowest BCUT2D eigenvalue weighted by Gasteiger charge is -1.97. The van der Waals surface area contributed by atoms with Gasteiger partial charge in [-0.2, -0.15) is 0 Å². The van der Waals surface area contributed by atoms with E-state index < -0.39 is 0 Å². The van der Waals surface area contributed by atoms with E-state index in [-0.39, 0.29) is 5.56 Å². The predicted molar refractivity (Wildman–Crippen MR) is 46.0 cm³/mol. The van der Waals surface area contributed by atoms with Gasteiger partial charge in [0.2, 0.25) is 0 Å². The number of fused-ring (bicyclic) bond motifs is 1. The van der Waals surface area contributed by atoms with Crippen molar-refractivity contribution in [3.8, 4) is 0 Å². The zero-order chi connectivity index (χ0) is 8.72. The average Bonchev–Trinajstić information content (AvgIpc) is 2.41. The number of aromatic nitrogens is 3. The van der Waals surface area contributed by atoms with Gasteiger partial charge in [0.15, 0.2) is 5.65 Å². The Hall–Kier alpha value is -1.58. The average molecular weight is 163 g/mol. The molecule has 12 heavy (non-hydrogen) atoms. The van der Waals surface area contributed by atoms with Crippen molar-refractivity contribution in [2.45, 2.75) is 0 Å². The minimum Gasteiger partial charge on any atom is -0.332 e. The summed E-state index contributed by atoms with van der Waals surface area (Å²) < 4.78 is 3.42. The second-order valence-corrected chi connectivity index (χ2v) is 2.79. The molecule has 0 aliphatic rings. The van der Waals surface area contributed by atoms with E-state index in [2.05, 4.69) is 4.98 Å². The van der Waals surface area contributed by atoms with Crippen molar-refractivity contribution < 1.29 is 0 Å². The monoisotopic (exact) mass is 163 g/mol. The quantitative estimate of drug-likeness (QED) is 0.559. The first kappa shape index (κ1) is 7.09. The smallest absolute Gasteiger partial charge is 0.252 e. The van der Waals surface area contributed by atoms with Crippen LogP contribution in [-0.2, 0) is 14.1 Å². The summed E-state index contributed by atoms with van der Waals surface area (Å²) in [6.07, 6.45) is 1.70. The Labute approximate surface area is 69.1 Å². The molecular formula is C8H9N3O. The molecular weight excluding hydrogens is 154 g/mol. The second kappa shape index (κ2) is 2.20. The van der Waals surface area contributed by atoms with Gasteiger partial charge in [-0.1, -0.05) is 0 Å². The molecule has 0 aromatic carbocycles. The first-order chi connectivity index (χ1) is 5.70. The van der Waals surface area contributed by atoms with E-state index in [4.69, 9.17) is 0 Å². The standard InChI is InChI=1S/C8H9N3O/c1-10-5-9-8-6(10)3-4-7(12)11(8)2/h3-5H,1-2H3. The maximum atomic E-state index is 11.2. The molecule has 0 fully saturated rings. The van der Waals surface area contributed by atoms with Crippen molar-refractivity contribution in [3.05, 3.63) is 28.8 Å². The summed E-state index contributed by atoms with van der Waals surface area (Å²) in [7, 11) is 3.62. The van der Waals surface area contributed by atoms with Gasteiger partial charge >= 0.3 is 0 Å². The molecule has 0 aliphatic heterocycles. The molecule has 0 spiro atoms. The molecule has 2 heterocycles. The molecule has 0 aliphatic carbocycles. The maximum absolute atomic E-state index is 11.2. The predicted octanol–water partition coefficient (Wildman–Crippen LogP) is 0.272. The van der Waals surface area contributed by atoms with Crippen molar-refractivity contribution in [2.75, 3.05) is 0 Å². The summed E-state index contributed by atoms with van der Waals surface area (Å²) in [5.74, 6) is 0. The Morgan fingerprint density at radius 2 is 2.08 bits per heavy atom.